The molecule has 0 aliphatic rings. The van der Waals surface area contributed by atoms with Crippen molar-refractivity contribution in [2.45, 2.75) is 33.6 Å². The first kappa shape index (κ1) is 17.1. The van der Waals surface area contributed by atoms with Crippen LogP contribution in [0, 0.1) is 11.7 Å². The molecule has 1 aromatic carbocycles. The lowest BCUT2D eigenvalue weighted by Crippen LogP contribution is -2.13. The smallest absolute Gasteiger partial charge is 0.339 e. The number of aryl methyl sites for hydroxylation is 1. The van der Waals surface area contributed by atoms with Gasteiger partial charge in [0.2, 0.25) is 0 Å². The van der Waals surface area contributed by atoms with E-state index in [1.807, 2.05) is 19.1 Å². The van der Waals surface area contributed by atoms with Gasteiger partial charge in [-0.2, -0.15) is 0 Å². The van der Waals surface area contributed by atoms with Crippen molar-refractivity contribution < 1.29 is 13.9 Å². The van der Waals surface area contributed by atoms with Gasteiger partial charge in [-0.1, -0.05) is 32.9 Å². The average Bonchev–Trinajstić information content (AvgIpc) is 2.52. The number of benzene rings is 1. The highest BCUT2D eigenvalue weighted by atomic mass is 19.1. The van der Waals surface area contributed by atoms with Crippen LogP contribution in [0.1, 0.15) is 42.4 Å². The van der Waals surface area contributed by atoms with Crippen molar-refractivity contribution in [1.82, 2.24) is 4.98 Å². The van der Waals surface area contributed by atoms with Crippen LogP contribution in [-0.2, 0) is 17.6 Å². The Morgan fingerprint density at radius 3 is 2.61 bits per heavy atom. The third-order valence-electron chi connectivity index (χ3n) is 3.65. The number of hydrogen-bond donors (Lipinski definition) is 0. The number of rotatable bonds is 5. The third kappa shape index (κ3) is 3.95. The molecule has 0 saturated carbocycles. The van der Waals surface area contributed by atoms with E-state index in [4.69, 9.17) is 4.74 Å². The highest BCUT2D eigenvalue weighted by molar-refractivity contribution is 5.93. The quantitative estimate of drug-likeness (QED) is 0.766. The molecule has 0 atom stereocenters. The van der Waals surface area contributed by atoms with Gasteiger partial charge < -0.3 is 4.74 Å². The van der Waals surface area contributed by atoms with Crippen LogP contribution in [0.25, 0.3) is 11.3 Å². The van der Waals surface area contributed by atoms with Crippen LogP contribution in [0.5, 0.6) is 0 Å². The Kier molecular flexibility index (Phi) is 5.48. The van der Waals surface area contributed by atoms with Crippen molar-refractivity contribution in [2.24, 2.45) is 5.92 Å². The summed E-state index contributed by atoms with van der Waals surface area (Å²) in [7, 11) is 1.38. The minimum absolute atomic E-state index is 0.301. The predicted molar refractivity (Wildman–Crippen MR) is 88.9 cm³/mol. The first-order valence-electron chi connectivity index (χ1n) is 7.83. The van der Waals surface area contributed by atoms with Crippen molar-refractivity contribution in [3.8, 4) is 11.3 Å². The number of carbonyl (C=O) groups excluding carboxylic acids is 1. The molecule has 23 heavy (non-hydrogen) atoms. The fraction of sp³-hybridized carbons (Fsp3) is 0.368. The molecule has 0 aliphatic heterocycles. The maximum absolute atomic E-state index is 13.5. The first-order valence-corrected chi connectivity index (χ1v) is 7.83. The maximum Gasteiger partial charge on any atom is 0.339 e. The van der Waals surface area contributed by atoms with Crippen LogP contribution in [0.3, 0.4) is 0 Å². The molecule has 0 spiro atoms. The normalized spacial score (nSPS) is 10.9. The number of ether oxygens (including phenoxy) is 1. The molecule has 3 nitrogen and oxygen atoms in total. The van der Waals surface area contributed by atoms with Crippen molar-refractivity contribution in [2.75, 3.05) is 7.11 Å². The standard InChI is InChI=1S/C19H22FNO2/c1-5-16-18(19(22)23-4)14(9-12(2)3)11-17(21-16)13-7-6-8-15(20)10-13/h6-8,10-12H,5,9H2,1-4H3. The van der Waals surface area contributed by atoms with Gasteiger partial charge in [-0.25, -0.2) is 9.18 Å². The second kappa shape index (κ2) is 7.36. The van der Waals surface area contributed by atoms with E-state index in [-0.39, 0.29) is 11.8 Å². The van der Waals surface area contributed by atoms with E-state index in [9.17, 15) is 9.18 Å². The van der Waals surface area contributed by atoms with Crippen molar-refractivity contribution in [3.05, 3.63) is 53.0 Å². The van der Waals surface area contributed by atoms with E-state index < -0.39 is 0 Å². The zero-order chi connectivity index (χ0) is 17.0. The molecular formula is C19H22FNO2. The summed E-state index contributed by atoms with van der Waals surface area (Å²) < 4.78 is 18.4. The summed E-state index contributed by atoms with van der Waals surface area (Å²) in [6, 6.07) is 8.22. The molecule has 2 aromatic rings. The summed E-state index contributed by atoms with van der Waals surface area (Å²) in [5.41, 5.74) is 3.53. The van der Waals surface area contributed by atoms with Gasteiger partial charge in [0.05, 0.1) is 24.1 Å². The van der Waals surface area contributed by atoms with Gasteiger partial charge in [-0.05, 0) is 42.5 Å². The number of pyridine rings is 1. The van der Waals surface area contributed by atoms with Crippen molar-refractivity contribution in [1.29, 1.82) is 0 Å². The van der Waals surface area contributed by atoms with Gasteiger partial charge in [-0.3, -0.25) is 4.98 Å². The fourth-order valence-electron chi connectivity index (χ4n) is 2.66. The Labute approximate surface area is 136 Å². The Bertz CT molecular complexity index is 711. The van der Waals surface area contributed by atoms with Crippen LogP contribution in [0.15, 0.2) is 30.3 Å². The SMILES string of the molecule is CCc1nc(-c2cccc(F)c2)cc(CC(C)C)c1C(=O)OC. The highest BCUT2D eigenvalue weighted by Gasteiger charge is 2.20. The monoisotopic (exact) mass is 315 g/mol. The molecule has 0 radical (unpaired) electrons. The summed E-state index contributed by atoms with van der Waals surface area (Å²) in [5.74, 6) is -0.286. The van der Waals surface area contributed by atoms with E-state index in [0.29, 0.717) is 34.9 Å². The molecule has 1 heterocycles. The van der Waals surface area contributed by atoms with Crippen LogP contribution in [-0.4, -0.2) is 18.1 Å². The molecule has 4 heteroatoms. The van der Waals surface area contributed by atoms with Gasteiger partial charge in [0.1, 0.15) is 5.82 Å². The van der Waals surface area contributed by atoms with E-state index >= 15 is 0 Å². The molecule has 0 N–H and O–H groups in total. The zero-order valence-electron chi connectivity index (χ0n) is 14.0. The van der Waals surface area contributed by atoms with Crippen molar-refractivity contribution >= 4 is 5.97 Å². The molecule has 0 fully saturated rings. The number of aromatic nitrogens is 1. The second-order valence-electron chi connectivity index (χ2n) is 5.94. The number of methoxy groups -OCH3 is 1. The van der Waals surface area contributed by atoms with Crippen molar-refractivity contribution in [3.63, 3.8) is 0 Å². The van der Waals surface area contributed by atoms with Crippen LogP contribution < -0.4 is 0 Å². The predicted octanol–water partition coefficient (Wildman–Crippen LogP) is 4.44. The number of halogens is 1. The number of carbonyl (C=O) groups is 1. The first-order chi connectivity index (χ1) is 11.0. The second-order valence-corrected chi connectivity index (χ2v) is 5.94. The Balaban J connectivity index is 2.64. The lowest BCUT2D eigenvalue weighted by atomic mass is 9.94. The van der Waals surface area contributed by atoms with E-state index in [1.165, 1.54) is 19.2 Å². The Morgan fingerprint density at radius 1 is 1.30 bits per heavy atom. The minimum atomic E-state index is -0.365. The Morgan fingerprint density at radius 2 is 2.04 bits per heavy atom. The molecular weight excluding hydrogens is 293 g/mol. The van der Waals surface area contributed by atoms with Crippen LogP contribution in [0.2, 0.25) is 0 Å². The van der Waals surface area contributed by atoms with Gasteiger partial charge >= 0.3 is 5.97 Å². The largest absolute Gasteiger partial charge is 0.465 e. The Hall–Kier alpha value is -2.23. The minimum Gasteiger partial charge on any atom is -0.465 e. The lowest BCUT2D eigenvalue weighted by molar-refractivity contribution is 0.0597. The average molecular weight is 315 g/mol. The number of esters is 1. The summed E-state index contributed by atoms with van der Waals surface area (Å²) in [6.45, 7) is 6.13. The van der Waals surface area contributed by atoms with Gasteiger partial charge in [0.25, 0.3) is 0 Å². The number of hydrogen-bond acceptors (Lipinski definition) is 3. The molecule has 122 valence electrons. The maximum atomic E-state index is 13.5. The summed E-state index contributed by atoms with van der Waals surface area (Å²) in [6.07, 6.45) is 1.35. The van der Waals surface area contributed by atoms with Crippen LogP contribution in [0.4, 0.5) is 4.39 Å². The summed E-state index contributed by atoms with van der Waals surface area (Å²) >= 11 is 0. The van der Waals surface area contributed by atoms with Gasteiger partial charge in [0.15, 0.2) is 0 Å². The summed E-state index contributed by atoms with van der Waals surface area (Å²) in [5, 5.41) is 0. The van der Waals surface area contributed by atoms with E-state index in [0.717, 1.165) is 12.0 Å². The molecule has 0 bridgehead atoms. The van der Waals surface area contributed by atoms with Gasteiger partial charge in [0, 0.05) is 5.56 Å². The van der Waals surface area contributed by atoms with E-state index in [1.54, 1.807) is 6.07 Å². The molecule has 0 aliphatic carbocycles. The molecule has 0 amide bonds. The van der Waals surface area contributed by atoms with Gasteiger partial charge in [-0.15, -0.1) is 0 Å². The zero-order valence-corrected chi connectivity index (χ0v) is 14.0. The topological polar surface area (TPSA) is 39.2 Å². The number of nitrogens with zero attached hydrogens (tertiary/aromatic N) is 1. The fourth-order valence-corrected chi connectivity index (χ4v) is 2.66. The highest BCUT2D eigenvalue weighted by Crippen LogP contribution is 2.26. The van der Waals surface area contributed by atoms with Crippen LogP contribution >= 0.6 is 0 Å². The molecule has 1 aromatic heterocycles. The lowest BCUT2D eigenvalue weighted by Gasteiger charge is -2.16. The summed E-state index contributed by atoms with van der Waals surface area (Å²) in [4.78, 5) is 16.7. The molecule has 0 saturated heterocycles. The van der Waals surface area contributed by atoms with E-state index in [2.05, 4.69) is 18.8 Å². The third-order valence-corrected chi connectivity index (χ3v) is 3.65. The molecule has 0 unspecified atom stereocenters. The molecule has 2 rings (SSSR count).